The van der Waals surface area contributed by atoms with E-state index in [2.05, 4.69) is 525 Å². The molecule has 0 saturated heterocycles. The molecule has 0 saturated carbocycles. The zero-order valence-electron chi connectivity index (χ0n) is 67.4. The van der Waals surface area contributed by atoms with Crippen LogP contribution in [-0.4, -0.2) is 13.7 Å². The predicted molar refractivity (Wildman–Crippen MR) is 521 cm³/mol. The van der Waals surface area contributed by atoms with Crippen LogP contribution in [0.4, 0.5) is 68.2 Å². The minimum Gasteiger partial charge on any atom is -0.310 e. The number of fused-ring (bicyclic) bond motifs is 11. The molecule has 3 heterocycles. The molecule has 580 valence electrons. The van der Waals surface area contributed by atoms with Gasteiger partial charge in [-0.1, -0.05) is 303 Å². The Morgan fingerprint density at radius 2 is 0.431 bits per heavy atom. The van der Waals surface area contributed by atoms with Gasteiger partial charge in [0.15, 0.2) is 0 Å². The summed E-state index contributed by atoms with van der Waals surface area (Å²) in [5, 5.41) is 12.1. The van der Waals surface area contributed by atoms with E-state index in [1.54, 1.807) is 0 Å². The molecular weight excluding hydrogens is 1490 g/mol. The summed E-state index contributed by atoms with van der Waals surface area (Å²) >= 11 is 0. The number of rotatable bonds is 17. The summed E-state index contributed by atoms with van der Waals surface area (Å²) in [5.74, 6) is 0. The summed E-state index contributed by atoms with van der Waals surface area (Å²) in [7, 11) is 0. The van der Waals surface area contributed by atoms with Gasteiger partial charge >= 0.3 is 0 Å². The van der Waals surface area contributed by atoms with E-state index in [0.29, 0.717) is 0 Å². The molecule has 0 N–H and O–H groups in total. The lowest BCUT2D eigenvalue weighted by Gasteiger charge is -2.30. The average Bonchev–Trinajstić information content (AvgIpc) is 1.56. The number of para-hydroxylation sites is 11. The third-order valence-corrected chi connectivity index (χ3v) is 23.9. The molecule has 0 radical (unpaired) electrons. The highest BCUT2D eigenvalue weighted by Gasteiger charge is 2.29. The Labute approximate surface area is 714 Å². The van der Waals surface area contributed by atoms with Gasteiger partial charge in [0.25, 0.3) is 0 Å². The van der Waals surface area contributed by atoms with E-state index < -0.39 is 0 Å². The summed E-state index contributed by atoms with van der Waals surface area (Å²) in [5.41, 5.74) is 28.0. The molecule has 123 heavy (non-hydrogen) atoms. The maximum Gasteiger partial charge on any atom is 0.0583 e. The quantitative estimate of drug-likeness (QED) is 0.0908. The van der Waals surface area contributed by atoms with Gasteiger partial charge < -0.3 is 33.3 Å². The van der Waals surface area contributed by atoms with Gasteiger partial charge in [-0.25, -0.2) is 0 Å². The van der Waals surface area contributed by atoms with Gasteiger partial charge in [0.1, 0.15) is 0 Å². The monoisotopic (exact) mass is 1570 g/mol. The van der Waals surface area contributed by atoms with Crippen LogP contribution in [0.25, 0.3) is 126 Å². The summed E-state index contributed by atoms with van der Waals surface area (Å²) in [4.78, 5) is 9.56. The zero-order valence-corrected chi connectivity index (χ0v) is 67.4. The molecule has 7 heteroatoms. The van der Waals surface area contributed by atoms with Crippen LogP contribution < -0.4 is 19.6 Å². The molecular formula is C116H81N7. The van der Waals surface area contributed by atoms with E-state index in [-0.39, 0.29) is 0 Å². The first kappa shape index (κ1) is 72.9. The highest BCUT2D eigenvalue weighted by atomic mass is 15.2. The molecule has 0 spiro atoms. The Balaban J connectivity index is 0.000000147. The molecule has 0 amide bonds. The first-order valence-corrected chi connectivity index (χ1v) is 42.0. The molecule has 7 nitrogen and oxygen atoms in total. The van der Waals surface area contributed by atoms with Crippen LogP contribution in [-0.2, 0) is 0 Å². The van der Waals surface area contributed by atoms with E-state index in [4.69, 9.17) is 0 Å². The second-order valence-corrected chi connectivity index (χ2v) is 31.2. The van der Waals surface area contributed by atoms with Gasteiger partial charge in [-0.3, -0.25) is 0 Å². The first-order chi connectivity index (χ1) is 61.0. The van der Waals surface area contributed by atoms with Crippen molar-refractivity contribution in [2.75, 3.05) is 19.6 Å². The fraction of sp³-hybridized carbons (Fsp3) is 0. The highest BCUT2D eigenvalue weighted by molar-refractivity contribution is 6.20. The van der Waals surface area contributed by atoms with Crippen LogP contribution >= 0.6 is 0 Å². The number of anilines is 12. The van der Waals surface area contributed by atoms with Crippen LogP contribution in [0.15, 0.2) is 491 Å². The Kier molecular flexibility index (Phi) is 18.8. The molecule has 0 fully saturated rings. The summed E-state index contributed by atoms with van der Waals surface area (Å²) in [6.45, 7) is 0. The molecule has 0 atom stereocenters. The molecule has 0 unspecified atom stereocenters. The van der Waals surface area contributed by atoms with Crippen LogP contribution in [0, 0.1) is 0 Å². The number of nitrogens with zero attached hydrogens (tertiary/aromatic N) is 7. The van der Waals surface area contributed by atoms with Crippen molar-refractivity contribution in [2.24, 2.45) is 0 Å². The van der Waals surface area contributed by atoms with Crippen molar-refractivity contribution in [3.63, 3.8) is 0 Å². The van der Waals surface area contributed by atoms with Gasteiger partial charge in [0.05, 0.1) is 55.8 Å². The first-order valence-electron chi connectivity index (χ1n) is 42.0. The maximum absolute atomic E-state index is 2.47. The minimum atomic E-state index is 1.05. The lowest BCUT2D eigenvalue weighted by atomic mass is 9.97. The molecule has 23 rings (SSSR count). The van der Waals surface area contributed by atoms with Crippen molar-refractivity contribution in [3.05, 3.63) is 491 Å². The Morgan fingerprint density at radius 1 is 0.138 bits per heavy atom. The average molecular weight is 1570 g/mol. The van der Waals surface area contributed by atoms with Crippen LogP contribution in [0.5, 0.6) is 0 Å². The molecule has 0 aliphatic heterocycles. The number of hydrogen-bond acceptors (Lipinski definition) is 4. The van der Waals surface area contributed by atoms with Crippen LogP contribution in [0.2, 0.25) is 0 Å². The van der Waals surface area contributed by atoms with E-state index in [1.807, 2.05) is 0 Å². The third kappa shape index (κ3) is 13.5. The van der Waals surface area contributed by atoms with Gasteiger partial charge in [-0.15, -0.1) is 0 Å². The maximum atomic E-state index is 2.47. The second kappa shape index (κ2) is 31.8. The smallest absolute Gasteiger partial charge is 0.0583 e. The second-order valence-electron chi connectivity index (χ2n) is 31.2. The highest BCUT2D eigenvalue weighted by Crippen LogP contribution is 2.52. The van der Waals surface area contributed by atoms with Crippen molar-refractivity contribution in [1.82, 2.24) is 13.7 Å². The Hall–Kier alpha value is -16.5. The third-order valence-electron chi connectivity index (χ3n) is 23.9. The Bertz CT molecular complexity index is 7630. The van der Waals surface area contributed by atoms with Crippen molar-refractivity contribution >= 4 is 155 Å². The normalized spacial score (nSPS) is 11.4. The van der Waals surface area contributed by atoms with E-state index in [0.717, 1.165) is 113 Å². The lowest BCUT2D eigenvalue weighted by molar-refractivity contribution is 1.15. The SMILES string of the molecule is c1ccc(N(c2ccccc2)c2cc(N(c3ccccc3)c3ccccc3)c3c4ccccc4n(-c4ccc(-c5cccc(-c6ccc7ccccc7c6)c5)cc4)c3c2)cc1.c1ccc(N(c2ccccc2)c2cc(N(c3ccccc3)c3ccccc3)c3c4ccccc4n(-c4ccc5c6ccccc6n(-c6ccc7ccccc7c6)c5c4)c3c2)cc1. The van der Waals surface area contributed by atoms with Crippen molar-refractivity contribution in [3.8, 4) is 39.3 Å². The van der Waals surface area contributed by atoms with Crippen molar-refractivity contribution < 1.29 is 0 Å². The largest absolute Gasteiger partial charge is 0.310 e. The lowest BCUT2D eigenvalue weighted by Crippen LogP contribution is -2.14. The van der Waals surface area contributed by atoms with Crippen LogP contribution in [0.1, 0.15) is 0 Å². The topological polar surface area (TPSA) is 27.8 Å². The standard InChI is InChI=1S/C58H40N4.C58H41N3/c1-5-21-43(22-6-1)59(44-23-7-2-8-24-44)49-39-56(60(45-25-9-3-10-26-45)46-27-11-4-12-28-46)58-52-30-16-18-32-54(52)62(57(58)40-49)48-35-36-51-50-29-15-17-31-53(50)61(55(51)38-48)47-34-33-41-19-13-14-20-42(41)37-47;1-5-22-48(23-6-1)59(49-24-7-2-8-25-49)53-40-56(60(50-26-9-3-10-27-50)51-28-11-4-12-29-51)58-54-30-15-16-31-55(54)61(57(58)41-53)52-36-34-43(35-37-52)45-20-17-21-46(38-45)47-33-32-42-18-13-14-19-44(42)39-47/h1-40H;1-41H. The van der Waals surface area contributed by atoms with Crippen molar-refractivity contribution in [1.29, 1.82) is 0 Å². The van der Waals surface area contributed by atoms with Gasteiger partial charge in [0.2, 0.25) is 0 Å². The van der Waals surface area contributed by atoms with Crippen LogP contribution in [0.3, 0.4) is 0 Å². The molecule has 0 aliphatic carbocycles. The van der Waals surface area contributed by atoms with Gasteiger partial charge in [-0.05, 0) is 232 Å². The predicted octanol–water partition coefficient (Wildman–Crippen LogP) is 32.2. The van der Waals surface area contributed by atoms with E-state index >= 15 is 0 Å². The molecule has 3 aromatic heterocycles. The molecule has 0 aliphatic rings. The fourth-order valence-electron chi connectivity index (χ4n) is 18.4. The van der Waals surface area contributed by atoms with Gasteiger partial charge in [0, 0.05) is 94.9 Å². The zero-order chi connectivity index (χ0) is 81.5. The number of hydrogen-bond donors (Lipinski definition) is 0. The van der Waals surface area contributed by atoms with E-state index in [1.165, 1.54) is 81.6 Å². The summed E-state index contributed by atoms with van der Waals surface area (Å²) < 4.78 is 7.35. The number of benzene rings is 20. The van der Waals surface area contributed by atoms with Gasteiger partial charge in [-0.2, -0.15) is 0 Å². The van der Waals surface area contributed by atoms with E-state index in [9.17, 15) is 0 Å². The summed E-state index contributed by atoms with van der Waals surface area (Å²) in [6.07, 6.45) is 0. The molecule has 23 aromatic rings. The molecule has 20 aromatic carbocycles. The molecule has 0 bridgehead atoms. The fourth-order valence-corrected chi connectivity index (χ4v) is 18.4. The number of aromatic nitrogens is 3. The minimum absolute atomic E-state index is 1.05. The van der Waals surface area contributed by atoms with Crippen molar-refractivity contribution in [2.45, 2.75) is 0 Å². The Morgan fingerprint density at radius 3 is 0.870 bits per heavy atom. The summed E-state index contributed by atoms with van der Waals surface area (Å²) in [6, 6.07) is 177.